The normalized spacial score (nSPS) is 30.6. The van der Waals surface area contributed by atoms with Crippen LogP contribution in [0.4, 0.5) is 0 Å². The number of nitrogens with zero attached hydrogens (tertiary/aromatic N) is 2. The quantitative estimate of drug-likeness (QED) is 0.389. The Balaban J connectivity index is 2.65. The van der Waals surface area contributed by atoms with E-state index in [0.717, 1.165) is 19.3 Å². The topological polar surface area (TPSA) is 56.4 Å². The molecular weight excluding hydrogens is 116 g/mol. The molecule has 1 rings (SSSR count). The Kier molecular flexibility index (Phi) is 1.69. The van der Waals surface area contributed by atoms with E-state index in [1.807, 2.05) is 0 Å². The highest BCUT2D eigenvalue weighted by atomic mass is 16.4. The monoisotopic (exact) mass is 124 g/mol. The second kappa shape index (κ2) is 2.49. The maximum absolute atomic E-state index is 8.43. The summed E-state index contributed by atoms with van der Waals surface area (Å²) in [7, 11) is 0. The van der Waals surface area contributed by atoms with E-state index in [9.17, 15) is 0 Å². The zero-order valence-electron chi connectivity index (χ0n) is 5.04. The molecule has 1 atom stereocenters. The van der Waals surface area contributed by atoms with Crippen LogP contribution < -0.4 is 0 Å². The first-order valence-corrected chi connectivity index (χ1v) is 2.99. The van der Waals surface area contributed by atoms with E-state index < -0.39 is 0 Å². The zero-order chi connectivity index (χ0) is 6.69. The smallest absolute Gasteiger partial charge is 0.0878 e. The summed E-state index contributed by atoms with van der Waals surface area (Å²) >= 11 is 0. The van der Waals surface area contributed by atoms with Gasteiger partial charge in [-0.15, -0.1) is 0 Å². The zero-order valence-corrected chi connectivity index (χ0v) is 5.04. The third kappa shape index (κ3) is 1.02. The number of hydrogen-bond acceptors (Lipinski definition) is 3. The minimum absolute atomic E-state index is 0.116. The summed E-state index contributed by atoms with van der Waals surface area (Å²) in [6, 6.07) is 2.07. The van der Waals surface area contributed by atoms with Crippen LogP contribution in [0.25, 0.3) is 0 Å². The Hall–Kier alpha value is -1.04. The molecule has 9 heavy (non-hydrogen) atoms. The van der Waals surface area contributed by atoms with Gasteiger partial charge in [-0.05, 0) is 19.3 Å². The maximum atomic E-state index is 8.43. The lowest BCUT2D eigenvalue weighted by Crippen LogP contribution is -2.02. The van der Waals surface area contributed by atoms with Gasteiger partial charge in [-0.3, -0.25) is 0 Å². The Morgan fingerprint density at radius 1 is 1.78 bits per heavy atom. The molecule has 3 heteroatoms. The first-order valence-electron chi connectivity index (χ1n) is 2.99. The summed E-state index contributed by atoms with van der Waals surface area (Å²) in [5.74, 6) is -0.116. The first kappa shape index (κ1) is 6.09. The molecule has 0 radical (unpaired) electrons. The molecule has 1 fully saturated rings. The van der Waals surface area contributed by atoms with Gasteiger partial charge >= 0.3 is 0 Å². The van der Waals surface area contributed by atoms with E-state index >= 15 is 0 Å². The lowest BCUT2D eigenvalue weighted by molar-refractivity contribution is 0.316. The summed E-state index contributed by atoms with van der Waals surface area (Å²) < 4.78 is 0. The Morgan fingerprint density at radius 3 is 3.00 bits per heavy atom. The third-order valence-corrected chi connectivity index (χ3v) is 1.61. The molecule has 1 saturated carbocycles. The number of hydrogen-bond donors (Lipinski definition) is 1. The molecule has 0 aromatic carbocycles. The van der Waals surface area contributed by atoms with Gasteiger partial charge in [-0.25, -0.2) is 0 Å². The van der Waals surface area contributed by atoms with Gasteiger partial charge in [-0.1, -0.05) is 5.16 Å². The van der Waals surface area contributed by atoms with Crippen molar-refractivity contribution in [1.29, 1.82) is 5.26 Å². The molecule has 0 aliphatic heterocycles. The second-order valence-electron chi connectivity index (χ2n) is 2.17. The van der Waals surface area contributed by atoms with Crippen LogP contribution >= 0.6 is 0 Å². The van der Waals surface area contributed by atoms with Crippen molar-refractivity contribution in [1.82, 2.24) is 0 Å². The van der Waals surface area contributed by atoms with E-state index in [1.165, 1.54) is 0 Å². The van der Waals surface area contributed by atoms with Gasteiger partial charge in [0.2, 0.25) is 0 Å². The fourth-order valence-electron chi connectivity index (χ4n) is 1.09. The van der Waals surface area contributed by atoms with Gasteiger partial charge in [0.1, 0.15) is 0 Å². The second-order valence-corrected chi connectivity index (χ2v) is 2.17. The largest absolute Gasteiger partial charge is 0.411 e. The molecule has 0 heterocycles. The SMILES string of the molecule is N#CC1CCC/C1=N\O. The van der Waals surface area contributed by atoms with E-state index in [2.05, 4.69) is 11.2 Å². The average Bonchev–Trinajstić information content (AvgIpc) is 2.33. The average molecular weight is 124 g/mol. The van der Waals surface area contributed by atoms with Crippen molar-refractivity contribution in [2.24, 2.45) is 11.1 Å². The van der Waals surface area contributed by atoms with Crippen molar-refractivity contribution in [3.63, 3.8) is 0 Å². The minimum atomic E-state index is -0.116. The maximum Gasteiger partial charge on any atom is 0.0878 e. The van der Waals surface area contributed by atoms with Crippen LogP contribution in [0.3, 0.4) is 0 Å². The third-order valence-electron chi connectivity index (χ3n) is 1.61. The van der Waals surface area contributed by atoms with Crippen LogP contribution in [0.15, 0.2) is 5.16 Å². The van der Waals surface area contributed by atoms with Gasteiger partial charge in [0, 0.05) is 0 Å². The van der Waals surface area contributed by atoms with Gasteiger partial charge < -0.3 is 5.21 Å². The summed E-state index contributed by atoms with van der Waals surface area (Å²) in [6.07, 6.45) is 2.63. The van der Waals surface area contributed by atoms with Crippen molar-refractivity contribution < 1.29 is 5.21 Å². The fraction of sp³-hybridized carbons (Fsp3) is 0.667. The van der Waals surface area contributed by atoms with Crippen molar-refractivity contribution in [2.75, 3.05) is 0 Å². The van der Waals surface area contributed by atoms with Crippen molar-refractivity contribution in [3.8, 4) is 6.07 Å². The van der Waals surface area contributed by atoms with Crippen LogP contribution in [0.1, 0.15) is 19.3 Å². The molecule has 1 aliphatic rings. The van der Waals surface area contributed by atoms with Crippen LogP contribution in [-0.2, 0) is 0 Å². The van der Waals surface area contributed by atoms with E-state index in [1.54, 1.807) is 0 Å². The predicted octanol–water partition coefficient (Wildman–Crippen LogP) is 1.14. The van der Waals surface area contributed by atoms with E-state index in [4.69, 9.17) is 10.5 Å². The Morgan fingerprint density at radius 2 is 2.56 bits per heavy atom. The lowest BCUT2D eigenvalue weighted by Gasteiger charge is -1.93. The summed E-state index contributed by atoms with van der Waals surface area (Å²) in [4.78, 5) is 0. The van der Waals surface area contributed by atoms with Gasteiger partial charge in [0.25, 0.3) is 0 Å². The van der Waals surface area contributed by atoms with Crippen molar-refractivity contribution >= 4 is 5.71 Å². The van der Waals surface area contributed by atoms with E-state index in [0.29, 0.717) is 5.71 Å². The van der Waals surface area contributed by atoms with Crippen molar-refractivity contribution in [3.05, 3.63) is 0 Å². The number of rotatable bonds is 0. The molecule has 3 nitrogen and oxygen atoms in total. The standard InChI is InChI=1S/C6H8N2O/c7-4-5-2-1-3-6(5)8-9/h5,9H,1-3H2/b8-6+. The predicted molar refractivity (Wildman–Crippen MR) is 32.2 cm³/mol. The molecule has 0 aromatic heterocycles. The van der Waals surface area contributed by atoms with Crippen LogP contribution in [0.5, 0.6) is 0 Å². The Bertz CT molecular complexity index is 168. The lowest BCUT2D eigenvalue weighted by atomic mass is 10.1. The first-order chi connectivity index (χ1) is 4.38. The molecule has 1 N–H and O–H groups in total. The number of nitriles is 1. The highest BCUT2D eigenvalue weighted by Gasteiger charge is 2.21. The fourth-order valence-corrected chi connectivity index (χ4v) is 1.09. The molecule has 48 valence electrons. The Labute approximate surface area is 53.6 Å². The molecule has 0 amide bonds. The molecule has 0 spiro atoms. The van der Waals surface area contributed by atoms with Gasteiger partial charge in [-0.2, -0.15) is 5.26 Å². The highest BCUT2D eigenvalue weighted by Crippen LogP contribution is 2.21. The number of oxime groups is 1. The van der Waals surface area contributed by atoms with Crippen molar-refractivity contribution in [2.45, 2.75) is 19.3 Å². The molecule has 0 aromatic rings. The van der Waals surface area contributed by atoms with Crippen LogP contribution in [-0.4, -0.2) is 10.9 Å². The molecule has 1 aliphatic carbocycles. The molecular formula is C6H8N2O. The van der Waals surface area contributed by atoms with Crippen LogP contribution in [0.2, 0.25) is 0 Å². The molecule has 1 unspecified atom stereocenters. The summed E-state index contributed by atoms with van der Waals surface area (Å²) in [6.45, 7) is 0. The summed E-state index contributed by atoms with van der Waals surface area (Å²) in [5.41, 5.74) is 0.650. The van der Waals surface area contributed by atoms with Gasteiger partial charge in [0.15, 0.2) is 0 Å². The molecule has 0 saturated heterocycles. The van der Waals surface area contributed by atoms with Crippen LogP contribution in [0, 0.1) is 17.2 Å². The highest BCUT2D eigenvalue weighted by molar-refractivity contribution is 5.89. The van der Waals surface area contributed by atoms with E-state index in [-0.39, 0.29) is 5.92 Å². The summed E-state index contributed by atoms with van der Waals surface area (Å²) in [5, 5.41) is 19.8. The minimum Gasteiger partial charge on any atom is -0.411 e. The molecule has 0 bridgehead atoms. The van der Waals surface area contributed by atoms with Gasteiger partial charge in [0.05, 0.1) is 17.7 Å².